The van der Waals surface area contributed by atoms with Crippen molar-refractivity contribution in [2.45, 2.75) is 52.0 Å². The Bertz CT molecular complexity index is 336. The van der Waals surface area contributed by atoms with Gasteiger partial charge in [-0.3, -0.25) is 4.68 Å². The van der Waals surface area contributed by atoms with Crippen LogP contribution in [-0.2, 0) is 7.05 Å². The molecule has 18 heavy (non-hydrogen) atoms. The van der Waals surface area contributed by atoms with Crippen LogP contribution in [0, 0.1) is 0 Å². The van der Waals surface area contributed by atoms with Gasteiger partial charge in [0.25, 0.3) is 0 Å². The maximum Gasteiger partial charge on any atom is 0.161 e. The quantitative estimate of drug-likeness (QED) is 0.687. The Hall–Kier alpha value is -1.03. The van der Waals surface area contributed by atoms with Gasteiger partial charge in [0.2, 0.25) is 0 Å². The van der Waals surface area contributed by atoms with Crippen molar-refractivity contribution in [3.8, 4) is 5.75 Å². The van der Waals surface area contributed by atoms with Crippen LogP contribution < -0.4 is 10.1 Å². The lowest BCUT2D eigenvalue weighted by atomic mass is 10.0. The minimum Gasteiger partial charge on any atom is -0.493 e. The van der Waals surface area contributed by atoms with E-state index in [1.54, 1.807) is 13.3 Å². The molecule has 0 aliphatic heterocycles. The molecule has 0 saturated carbocycles. The highest BCUT2D eigenvalue weighted by molar-refractivity contribution is 5.28. The summed E-state index contributed by atoms with van der Waals surface area (Å²) in [6.45, 7) is 5.46. The lowest BCUT2D eigenvalue weighted by Gasteiger charge is -2.20. The fourth-order valence-electron chi connectivity index (χ4n) is 2.23. The van der Waals surface area contributed by atoms with Crippen LogP contribution >= 0.6 is 0 Å². The zero-order valence-corrected chi connectivity index (χ0v) is 12.2. The van der Waals surface area contributed by atoms with Crippen LogP contribution in [0.1, 0.15) is 57.7 Å². The number of aromatic nitrogens is 2. The molecule has 0 bridgehead atoms. The van der Waals surface area contributed by atoms with Crippen LogP contribution in [0.2, 0.25) is 0 Å². The Labute approximate surface area is 111 Å². The molecule has 1 unspecified atom stereocenters. The van der Waals surface area contributed by atoms with Crippen LogP contribution in [0.5, 0.6) is 5.75 Å². The highest BCUT2D eigenvalue weighted by Crippen LogP contribution is 2.28. The van der Waals surface area contributed by atoms with E-state index < -0.39 is 0 Å². The highest BCUT2D eigenvalue weighted by Gasteiger charge is 2.19. The van der Waals surface area contributed by atoms with Crippen molar-refractivity contribution >= 4 is 0 Å². The molecule has 0 saturated heterocycles. The van der Waals surface area contributed by atoms with Gasteiger partial charge in [0.05, 0.1) is 25.0 Å². The van der Waals surface area contributed by atoms with Crippen molar-refractivity contribution in [1.29, 1.82) is 0 Å². The number of methoxy groups -OCH3 is 1. The SMILES string of the molecule is CCCCCC(NCCC)c1c(OC)cnn1C. The lowest BCUT2D eigenvalue weighted by Crippen LogP contribution is -2.24. The van der Waals surface area contributed by atoms with Crippen molar-refractivity contribution in [2.75, 3.05) is 13.7 Å². The van der Waals surface area contributed by atoms with Crippen molar-refractivity contribution in [2.24, 2.45) is 7.05 Å². The normalized spacial score (nSPS) is 12.7. The van der Waals surface area contributed by atoms with Gasteiger partial charge in [0, 0.05) is 7.05 Å². The molecule has 1 atom stereocenters. The van der Waals surface area contributed by atoms with Crippen LogP contribution in [0.15, 0.2) is 6.20 Å². The average molecular weight is 253 g/mol. The topological polar surface area (TPSA) is 39.1 Å². The van der Waals surface area contributed by atoms with Crippen molar-refractivity contribution in [3.63, 3.8) is 0 Å². The summed E-state index contributed by atoms with van der Waals surface area (Å²) in [4.78, 5) is 0. The Kier molecular flexibility index (Phi) is 6.80. The van der Waals surface area contributed by atoms with Crippen LogP contribution in [0.25, 0.3) is 0 Å². The molecule has 0 aromatic carbocycles. The molecule has 1 heterocycles. The second-order valence-corrected chi connectivity index (χ2v) is 4.72. The molecule has 0 aliphatic rings. The summed E-state index contributed by atoms with van der Waals surface area (Å²) >= 11 is 0. The molecular weight excluding hydrogens is 226 g/mol. The number of ether oxygens (including phenoxy) is 1. The number of unbranched alkanes of at least 4 members (excludes halogenated alkanes) is 2. The van der Waals surface area contributed by atoms with Gasteiger partial charge in [-0.25, -0.2) is 0 Å². The molecule has 0 radical (unpaired) electrons. The molecule has 0 amide bonds. The van der Waals surface area contributed by atoms with Gasteiger partial charge in [0.1, 0.15) is 0 Å². The molecule has 1 N–H and O–H groups in total. The second-order valence-electron chi connectivity index (χ2n) is 4.72. The molecule has 0 aliphatic carbocycles. The van der Waals surface area contributed by atoms with Gasteiger partial charge in [0.15, 0.2) is 5.75 Å². The largest absolute Gasteiger partial charge is 0.493 e. The van der Waals surface area contributed by atoms with Crippen molar-refractivity contribution < 1.29 is 4.74 Å². The molecule has 1 aromatic heterocycles. The first-order valence-corrected chi connectivity index (χ1v) is 7.03. The van der Waals surface area contributed by atoms with Crippen LogP contribution in [0.4, 0.5) is 0 Å². The van der Waals surface area contributed by atoms with Crippen molar-refractivity contribution in [3.05, 3.63) is 11.9 Å². The molecule has 0 fully saturated rings. The van der Waals surface area contributed by atoms with E-state index in [1.165, 1.54) is 25.0 Å². The Morgan fingerprint density at radius 1 is 1.33 bits per heavy atom. The minimum atomic E-state index is 0.346. The first-order chi connectivity index (χ1) is 8.74. The number of rotatable bonds is 9. The van der Waals surface area contributed by atoms with E-state index >= 15 is 0 Å². The van der Waals surface area contributed by atoms with Crippen LogP contribution in [-0.4, -0.2) is 23.4 Å². The summed E-state index contributed by atoms with van der Waals surface area (Å²) in [6.07, 6.45) is 7.86. The van der Waals surface area contributed by atoms with Crippen molar-refractivity contribution in [1.82, 2.24) is 15.1 Å². The van der Waals surface area contributed by atoms with E-state index in [2.05, 4.69) is 24.3 Å². The molecule has 1 rings (SSSR count). The summed E-state index contributed by atoms with van der Waals surface area (Å²) in [7, 11) is 3.70. The summed E-state index contributed by atoms with van der Waals surface area (Å²) in [5.74, 6) is 0.891. The average Bonchev–Trinajstić information content (AvgIpc) is 2.75. The van der Waals surface area contributed by atoms with E-state index in [0.717, 1.165) is 25.1 Å². The van der Waals surface area contributed by atoms with Gasteiger partial charge in [-0.1, -0.05) is 33.1 Å². The number of hydrogen-bond acceptors (Lipinski definition) is 3. The van der Waals surface area contributed by atoms with Gasteiger partial charge >= 0.3 is 0 Å². The lowest BCUT2D eigenvalue weighted by molar-refractivity contribution is 0.384. The monoisotopic (exact) mass is 253 g/mol. The minimum absolute atomic E-state index is 0.346. The van der Waals surface area contributed by atoms with Crippen LogP contribution in [0.3, 0.4) is 0 Å². The second kappa shape index (κ2) is 8.14. The third-order valence-corrected chi connectivity index (χ3v) is 3.24. The highest BCUT2D eigenvalue weighted by atomic mass is 16.5. The third-order valence-electron chi connectivity index (χ3n) is 3.24. The van der Waals surface area contributed by atoms with E-state index in [-0.39, 0.29) is 0 Å². The predicted molar refractivity (Wildman–Crippen MR) is 74.9 cm³/mol. The van der Waals surface area contributed by atoms with E-state index in [1.807, 2.05) is 11.7 Å². The summed E-state index contributed by atoms with van der Waals surface area (Å²) in [5.41, 5.74) is 1.17. The first-order valence-electron chi connectivity index (χ1n) is 7.03. The fraction of sp³-hybridized carbons (Fsp3) is 0.786. The Morgan fingerprint density at radius 3 is 2.72 bits per heavy atom. The Balaban J connectivity index is 2.75. The molecule has 4 heteroatoms. The summed E-state index contributed by atoms with van der Waals surface area (Å²) < 4.78 is 7.34. The number of nitrogens with zero attached hydrogens (tertiary/aromatic N) is 2. The zero-order valence-electron chi connectivity index (χ0n) is 12.2. The predicted octanol–water partition coefficient (Wildman–Crippen LogP) is 3.05. The van der Waals surface area contributed by atoms with Gasteiger partial charge in [-0.15, -0.1) is 0 Å². The molecular formula is C14H27N3O. The van der Waals surface area contributed by atoms with Gasteiger partial charge in [-0.05, 0) is 19.4 Å². The molecule has 1 aromatic rings. The number of nitrogens with one attached hydrogen (secondary N) is 1. The molecule has 4 nitrogen and oxygen atoms in total. The number of hydrogen-bond donors (Lipinski definition) is 1. The Morgan fingerprint density at radius 2 is 2.11 bits per heavy atom. The zero-order chi connectivity index (χ0) is 13.4. The van der Waals surface area contributed by atoms with Gasteiger partial charge < -0.3 is 10.1 Å². The van der Waals surface area contributed by atoms with E-state index in [9.17, 15) is 0 Å². The van der Waals surface area contributed by atoms with E-state index in [0.29, 0.717) is 6.04 Å². The maximum atomic E-state index is 5.41. The number of aryl methyl sites for hydroxylation is 1. The van der Waals surface area contributed by atoms with E-state index in [4.69, 9.17) is 4.74 Å². The first kappa shape index (κ1) is 15.0. The fourth-order valence-corrected chi connectivity index (χ4v) is 2.23. The third kappa shape index (κ3) is 4.02. The molecule has 104 valence electrons. The smallest absolute Gasteiger partial charge is 0.161 e. The summed E-state index contributed by atoms with van der Waals surface area (Å²) in [5, 5.41) is 7.90. The molecule has 0 spiro atoms. The maximum absolute atomic E-state index is 5.41. The van der Waals surface area contributed by atoms with Gasteiger partial charge in [-0.2, -0.15) is 5.10 Å². The summed E-state index contributed by atoms with van der Waals surface area (Å²) in [6, 6.07) is 0.346. The standard InChI is InChI=1S/C14H27N3O/c1-5-7-8-9-12(15-10-6-2)14-13(18-4)11-16-17(14)3/h11-12,15H,5-10H2,1-4H3.